The molecular formula is C24H20N6. The predicted octanol–water partition coefficient (Wildman–Crippen LogP) is 4.30. The van der Waals surface area contributed by atoms with Gasteiger partial charge in [-0.05, 0) is 33.4 Å². The van der Waals surface area contributed by atoms with Crippen LogP contribution in [0.1, 0.15) is 11.1 Å². The van der Waals surface area contributed by atoms with Gasteiger partial charge in [-0.2, -0.15) is 0 Å². The van der Waals surface area contributed by atoms with Gasteiger partial charge in [0, 0.05) is 13.1 Å². The molecule has 0 radical (unpaired) electrons. The van der Waals surface area contributed by atoms with Crippen molar-refractivity contribution in [2.45, 2.75) is 13.1 Å². The lowest BCUT2D eigenvalue weighted by Gasteiger charge is -2.08. The van der Waals surface area contributed by atoms with Crippen LogP contribution in [0.3, 0.4) is 0 Å². The molecule has 6 nitrogen and oxygen atoms in total. The SMILES string of the molecule is c1cc(-c2ccc(-c3ccc(Cn4cnnc4)cc3)cc2)ccc1Cn1cnnc1. The Balaban J connectivity index is 1.28. The Morgan fingerprint density at radius 2 is 0.667 bits per heavy atom. The van der Waals surface area contributed by atoms with Crippen LogP contribution in [0.25, 0.3) is 22.3 Å². The highest BCUT2D eigenvalue weighted by Gasteiger charge is 2.03. The zero-order valence-electron chi connectivity index (χ0n) is 16.3. The second-order valence-corrected chi connectivity index (χ2v) is 7.24. The summed E-state index contributed by atoms with van der Waals surface area (Å²) in [6.45, 7) is 1.55. The molecule has 30 heavy (non-hydrogen) atoms. The predicted molar refractivity (Wildman–Crippen MR) is 116 cm³/mol. The largest absolute Gasteiger partial charge is 0.316 e. The van der Waals surface area contributed by atoms with Crippen LogP contribution in [0.15, 0.2) is 98.1 Å². The summed E-state index contributed by atoms with van der Waals surface area (Å²) < 4.78 is 3.92. The highest BCUT2D eigenvalue weighted by atomic mass is 15.2. The summed E-state index contributed by atoms with van der Waals surface area (Å²) in [5.41, 5.74) is 7.28. The maximum Gasteiger partial charge on any atom is 0.119 e. The summed E-state index contributed by atoms with van der Waals surface area (Å²) in [6.07, 6.45) is 6.92. The van der Waals surface area contributed by atoms with Crippen molar-refractivity contribution >= 4 is 0 Å². The topological polar surface area (TPSA) is 61.4 Å². The number of benzene rings is 3. The summed E-state index contributed by atoms with van der Waals surface area (Å²) in [4.78, 5) is 0. The standard InChI is InChI=1S/C24H20N6/c1-5-21(6-2-19(1)13-29-15-25-26-16-29)23-9-11-24(12-10-23)22-7-3-20(4-8-22)14-30-17-27-28-18-30/h1-12,15-18H,13-14H2. The molecule has 146 valence electrons. The summed E-state index contributed by atoms with van der Waals surface area (Å²) >= 11 is 0. The Hall–Kier alpha value is -4.06. The van der Waals surface area contributed by atoms with Gasteiger partial charge in [-0.25, -0.2) is 0 Å². The minimum atomic E-state index is 0.777. The Kier molecular flexibility index (Phi) is 4.88. The average molecular weight is 392 g/mol. The van der Waals surface area contributed by atoms with Crippen molar-refractivity contribution in [3.05, 3.63) is 109 Å². The van der Waals surface area contributed by atoms with Crippen molar-refractivity contribution in [1.82, 2.24) is 29.5 Å². The maximum atomic E-state index is 3.84. The van der Waals surface area contributed by atoms with Crippen molar-refractivity contribution in [2.75, 3.05) is 0 Å². The minimum Gasteiger partial charge on any atom is -0.316 e. The Labute approximate surface area is 174 Å². The number of rotatable bonds is 6. The molecule has 0 saturated heterocycles. The van der Waals surface area contributed by atoms with Crippen molar-refractivity contribution in [1.29, 1.82) is 0 Å². The van der Waals surface area contributed by atoms with Crippen LogP contribution in [0.5, 0.6) is 0 Å². The summed E-state index contributed by atoms with van der Waals surface area (Å²) in [6, 6.07) is 26.0. The number of aromatic nitrogens is 6. The molecule has 5 aromatic rings. The molecule has 0 N–H and O–H groups in total. The molecule has 5 rings (SSSR count). The zero-order valence-corrected chi connectivity index (χ0v) is 16.3. The van der Waals surface area contributed by atoms with Crippen LogP contribution < -0.4 is 0 Å². The summed E-state index contributed by atoms with van der Waals surface area (Å²) in [5.74, 6) is 0. The molecule has 2 aromatic heterocycles. The van der Waals surface area contributed by atoms with Crippen molar-refractivity contribution in [2.24, 2.45) is 0 Å². The van der Waals surface area contributed by atoms with Gasteiger partial charge in [0.25, 0.3) is 0 Å². The molecule has 0 unspecified atom stereocenters. The first-order chi connectivity index (χ1) is 14.8. The smallest absolute Gasteiger partial charge is 0.119 e. The monoisotopic (exact) mass is 392 g/mol. The molecule has 6 heteroatoms. The highest BCUT2D eigenvalue weighted by molar-refractivity contribution is 5.70. The van der Waals surface area contributed by atoms with Gasteiger partial charge in [-0.15, -0.1) is 20.4 Å². The summed E-state index contributed by atoms with van der Waals surface area (Å²) in [7, 11) is 0. The first kappa shape index (κ1) is 18.0. The molecule has 0 aliphatic rings. The second kappa shape index (κ2) is 8.13. The van der Waals surface area contributed by atoms with Crippen LogP contribution in [0.2, 0.25) is 0 Å². The lowest BCUT2D eigenvalue weighted by atomic mass is 9.99. The Morgan fingerprint density at radius 1 is 0.400 bits per heavy atom. The first-order valence-electron chi connectivity index (χ1n) is 9.77. The zero-order chi connectivity index (χ0) is 20.2. The van der Waals surface area contributed by atoms with Crippen LogP contribution in [0.4, 0.5) is 0 Å². The van der Waals surface area contributed by atoms with E-state index >= 15 is 0 Å². The molecule has 0 spiro atoms. The van der Waals surface area contributed by atoms with Crippen LogP contribution in [0, 0.1) is 0 Å². The van der Waals surface area contributed by atoms with E-state index in [2.05, 4.69) is 93.2 Å². The fourth-order valence-corrected chi connectivity index (χ4v) is 3.49. The summed E-state index contributed by atoms with van der Waals surface area (Å²) in [5, 5.41) is 15.4. The average Bonchev–Trinajstić information content (AvgIpc) is 3.50. The van der Waals surface area contributed by atoms with E-state index < -0.39 is 0 Å². The van der Waals surface area contributed by atoms with Gasteiger partial charge < -0.3 is 9.13 Å². The Morgan fingerprint density at radius 3 is 0.967 bits per heavy atom. The van der Waals surface area contributed by atoms with Crippen molar-refractivity contribution < 1.29 is 0 Å². The van der Waals surface area contributed by atoms with E-state index in [9.17, 15) is 0 Å². The Bertz CT molecular complexity index is 1090. The molecule has 0 bridgehead atoms. The van der Waals surface area contributed by atoms with E-state index in [0.717, 1.165) is 13.1 Å². The quantitative estimate of drug-likeness (QED) is 0.432. The van der Waals surface area contributed by atoms with Gasteiger partial charge in [0.05, 0.1) is 0 Å². The molecule has 2 heterocycles. The first-order valence-corrected chi connectivity index (χ1v) is 9.77. The molecule has 0 aliphatic heterocycles. The molecule has 0 amide bonds. The number of nitrogens with zero attached hydrogens (tertiary/aromatic N) is 6. The normalized spacial score (nSPS) is 10.9. The van der Waals surface area contributed by atoms with E-state index in [0.29, 0.717) is 0 Å². The molecule has 0 fully saturated rings. The van der Waals surface area contributed by atoms with Crippen LogP contribution in [-0.4, -0.2) is 29.5 Å². The van der Waals surface area contributed by atoms with E-state index in [4.69, 9.17) is 0 Å². The van der Waals surface area contributed by atoms with Gasteiger partial charge >= 0.3 is 0 Å². The highest BCUT2D eigenvalue weighted by Crippen LogP contribution is 2.25. The third-order valence-corrected chi connectivity index (χ3v) is 5.12. The molecule has 0 saturated carbocycles. The molecule has 0 aliphatic carbocycles. The van der Waals surface area contributed by atoms with Crippen LogP contribution >= 0.6 is 0 Å². The lowest BCUT2D eigenvalue weighted by molar-refractivity contribution is 0.794. The minimum absolute atomic E-state index is 0.777. The van der Waals surface area contributed by atoms with Gasteiger partial charge in [-0.3, -0.25) is 0 Å². The van der Waals surface area contributed by atoms with E-state index in [1.807, 2.05) is 9.13 Å². The van der Waals surface area contributed by atoms with Crippen LogP contribution in [-0.2, 0) is 13.1 Å². The third kappa shape index (κ3) is 4.03. The molecular weight excluding hydrogens is 372 g/mol. The van der Waals surface area contributed by atoms with Gasteiger partial charge in [-0.1, -0.05) is 72.8 Å². The third-order valence-electron chi connectivity index (χ3n) is 5.12. The number of hydrogen-bond donors (Lipinski definition) is 0. The van der Waals surface area contributed by atoms with Crippen molar-refractivity contribution in [3.63, 3.8) is 0 Å². The fraction of sp³-hybridized carbons (Fsp3) is 0.0833. The van der Waals surface area contributed by atoms with E-state index in [1.54, 1.807) is 25.3 Å². The number of hydrogen-bond acceptors (Lipinski definition) is 4. The lowest BCUT2D eigenvalue weighted by Crippen LogP contribution is -1.96. The van der Waals surface area contributed by atoms with E-state index in [1.165, 1.54) is 33.4 Å². The van der Waals surface area contributed by atoms with E-state index in [-0.39, 0.29) is 0 Å². The van der Waals surface area contributed by atoms with Gasteiger partial charge in [0.2, 0.25) is 0 Å². The van der Waals surface area contributed by atoms with Gasteiger partial charge in [0.15, 0.2) is 0 Å². The van der Waals surface area contributed by atoms with Crippen molar-refractivity contribution in [3.8, 4) is 22.3 Å². The van der Waals surface area contributed by atoms with Gasteiger partial charge in [0.1, 0.15) is 25.3 Å². The second-order valence-electron chi connectivity index (χ2n) is 7.24. The molecule has 0 atom stereocenters. The fourth-order valence-electron chi connectivity index (χ4n) is 3.49. The maximum absolute atomic E-state index is 3.84. The molecule has 3 aromatic carbocycles.